The Kier molecular flexibility index (Phi) is 6.00. The number of rotatable bonds is 3. The van der Waals surface area contributed by atoms with Gasteiger partial charge in [0.15, 0.2) is 11.9 Å². The van der Waals surface area contributed by atoms with Gasteiger partial charge < -0.3 is 24.4 Å². The van der Waals surface area contributed by atoms with E-state index in [0.29, 0.717) is 17.2 Å². The number of hydrogen-bond acceptors (Lipinski definition) is 7. The number of aromatic nitrogens is 2. The van der Waals surface area contributed by atoms with Crippen LogP contribution in [-0.4, -0.2) is 62.3 Å². The van der Waals surface area contributed by atoms with Gasteiger partial charge >= 0.3 is 5.97 Å². The van der Waals surface area contributed by atoms with Crippen LogP contribution >= 0.6 is 0 Å². The van der Waals surface area contributed by atoms with Gasteiger partial charge in [-0.05, 0) is 89.2 Å². The first-order valence-electron chi connectivity index (χ1n) is 14.9. The molecule has 4 aliphatic carbocycles. The van der Waals surface area contributed by atoms with Gasteiger partial charge in [-0.25, -0.2) is 4.79 Å². The fraction of sp³-hybridized carbons (Fsp3) is 0.750. The van der Waals surface area contributed by atoms with Crippen molar-refractivity contribution >= 4 is 5.97 Å². The summed E-state index contributed by atoms with van der Waals surface area (Å²) in [6.07, 6.45) is 2.30. The minimum atomic E-state index is -1.73. The highest BCUT2D eigenvalue weighted by molar-refractivity contribution is 5.92. The molecule has 5 aliphatic rings. The van der Waals surface area contributed by atoms with Crippen molar-refractivity contribution in [1.29, 1.82) is 0 Å². The molecule has 0 aromatic carbocycles. The summed E-state index contributed by atoms with van der Waals surface area (Å²) in [5, 5.41) is 30.2. The van der Waals surface area contributed by atoms with E-state index in [0.717, 1.165) is 23.3 Å². The fourth-order valence-corrected chi connectivity index (χ4v) is 9.24. The van der Waals surface area contributed by atoms with Crippen LogP contribution in [0.2, 0.25) is 0 Å². The number of aryl methyl sites for hydroxylation is 1. The van der Waals surface area contributed by atoms with Crippen LogP contribution in [-0.2, 0) is 14.2 Å². The second kappa shape index (κ2) is 8.52. The standard InChI is InChI=1S/C32H46N2O6/c1-15(2)34-19(6)23(18(5)33-34)28(36)39-26-16(3)13-31-17(4)11-22-24(29(22,7)8)21(25(31)35)12-20-14-38-30(9,10)40-27(20)32(26,31)37/h12-13,15,17,21-22,24-27,35,37H,11,14H2,1-10H3/t17-,21+,22-,24+,25?,26+,27-,31+,32-/m1/s1. The summed E-state index contributed by atoms with van der Waals surface area (Å²) < 4.78 is 20.8. The molecule has 1 saturated heterocycles. The maximum atomic E-state index is 13.9. The smallest absolute Gasteiger partial charge is 0.342 e. The molecule has 220 valence electrons. The van der Waals surface area contributed by atoms with Crippen LogP contribution in [0.25, 0.3) is 0 Å². The summed E-state index contributed by atoms with van der Waals surface area (Å²) in [4.78, 5) is 13.9. The Morgan fingerprint density at radius 1 is 1.20 bits per heavy atom. The zero-order chi connectivity index (χ0) is 29.3. The van der Waals surface area contributed by atoms with Gasteiger partial charge in [0.2, 0.25) is 0 Å². The molecule has 1 spiro atoms. The number of carbonyl (C=O) groups excluding carboxylic acids is 1. The van der Waals surface area contributed by atoms with Gasteiger partial charge in [-0.3, -0.25) is 4.68 Å². The zero-order valence-electron chi connectivity index (χ0n) is 25.6. The number of hydrogen-bond donors (Lipinski definition) is 2. The predicted molar refractivity (Wildman–Crippen MR) is 149 cm³/mol. The average molecular weight is 555 g/mol. The zero-order valence-corrected chi connectivity index (χ0v) is 25.6. The Morgan fingerprint density at radius 3 is 2.50 bits per heavy atom. The van der Waals surface area contributed by atoms with Gasteiger partial charge in [0.1, 0.15) is 17.3 Å². The highest BCUT2D eigenvalue weighted by Gasteiger charge is 2.77. The molecule has 1 aliphatic heterocycles. The van der Waals surface area contributed by atoms with Crippen molar-refractivity contribution in [2.24, 2.45) is 34.5 Å². The molecule has 6 rings (SSSR count). The Bertz CT molecular complexity index is 1320. The predicted octanol–water partition coefficient (Wildman–Crippen LogP) is 4.66. The van der Waals surface area contributed by atoms with E-state index < -0.39 is 41.1 Å². The van der Waals surface area contributed by atoms with Crippen molar-refractivity contribution in [3.8, 4) is 0 Å². The van der Waals surface area contributed by atoms with E-state index >= 15 is 0 Å². The number of carbonyl (C=O) groups is 1. The molecular weight excluding hydrogens is 508 g/mol. The molecule has 0 amide bonds. The normalized spacial score (nSPS) is 42.6. The maximum absolute atomic E-state index is 13.9. The number of aliphatic hydroxyl groups is 2. The molecule has 2 heterocycles. The fourth-order valence-electron chi connectivity index (χ4n) is 9.24. The Balaban J connectivity index is 1.50. The second-order valence-corrected chi connectivity index (χ2v) is 14.6. The Labute approximate surface area is 237 Å². The third-order valence-corrected chi connectivity index (χ3v) is 11.2. The van der Waals surface area contributed by atoms with Crippen molar-refractivity contribution in [1.82, 2.24) is 9.78 Å². The topological polar surface area (TPSA) is 103 Å². The van der Waals surface area contributed by atoms with E-state index in [-0.39, 0.29) is 35.8 Å². The molecule has 2 saturated carbocycles. The van der Waals surface area contributed by atoms with Crippen LogP contribution in [0, 0.1) is 48.3 Å². The number of esters is 1. The lowest BCUT2D eigenvalue weighted by atomic mass is 9.58. The summed E-state index contributed by atoms with van der Waals surface area (Å²) in [6, 6.07) is 0.0860. The number of aliphatic hydroxyl groups excluding tert-OH is 1. The third-order valence-electron chi connectivity index (χ3n) is 11.2. The SMILES string of the molecule is CC1=C[C@]23C(O)[C@@H](C=C4COC(C)(C)O[C@H]4[C@]2(O)[C@H]1OC(=O)c1c(C)nn(C(C)C)c1C)[C@H]1[C@@H](C[C@H]3C)C1(C)C. The molecule has 1 aromatic rings. The minimum absolute atomic E-state index is 0.0834. The minimum Gasteiger partial charge on any atom is -0.451 e. The molecular formula is C32H46N2O6. The van der Waals surface area contributed by atoms with Crippen LogP contribution in [0.3, 0.4) is 0 Å². The maximum Gasteiger partial charge on any atom is 0.342 e. The summed E-state index contributed by atoms with van der Waals surface area (Å²) in [7, 11) is 0. The lowest BCUT2D eigenvalue weighted by Gasteiger charge is -2.55. The first-order chi connectivity index (χ1) is 18.5. The van der Waals surface area contributed by atoms with Crippen molar-refractivity contribution in [3.05, 3.63) is 40.2 Å². The molecule has 1 unspecified atom stereocenters. The van der Waals surface area contributed by atoms with Crippen LogP contribution in [0.1, 0.15) is 89.6 Å². The van der Waals surface area contributed by atoms with Crippen molar-refractivity contribution in [3.63, 3.8) is 0 Å². The van der Waals surface area contributed by atoms with E-state index in [9.17, 15) is 15.0 Å². The summed E-state index contributed by atoms with van der Waals surface area (Å²) in [6.45, 7) is 20.3. The second-order valence-electron chi connectivity index (χ2n) is 14.6. The molecule has 8 heteroatoms. The molecule has 0 radical (unpaired) electrons. The molecule has 9 atom stereocenters. The number of nitrogens with zero attached hydrogens (tertiary/aromatic N) is 2. The van der Waals surface area contributed by atoms with Gasteiger partial charge in [-0.2, -0.15) is 5.10 Å². The lowest BCUT2D eigenvalue weighted by molar-refractivity contribution is -0.312. The summed E-state index contributed by atoms with van der Waals surface area (Å²) in [5.41, 5.74) is 0.577. The van der Waals surface area contributed by atoms with Crippen molar-refractivity contribution in [2.75, 3.05) is 6.61 Å². The van der Waals surface area contributed by atoms with E-state index in [1.165, 1.54) is 0 Å². The first-order valence-corrected chi connectivity index (χ1v) is 14.9. The molecule has 2 bridgehead atoms. The van der Waals surface area contributed by atoms with Crippen LogP contribution in [0.15, 0.2) is 23.3 Å². The monoisotopic (exact) mass is 554 g/mol. The first kappa shape index (κ1) is 28.1. The molecule has 2 N–H and O–H groups in total. The molecule has 8 nitrogen and oxygen atoms in total. The number of fused-ring (bicyclic) bond motifs is 5. The van der Waals surface area contributed by atoms with Gasteiger partial charge in [0, 0.05) is 12.0 Å². The average Bonchev–Trinajstić information content (AvgIpc) is 3.16. The summed E-state index contributed by atoms with van der Waals surface area (Å²) in [5.74, 6) is -1.01. The third kappa shape index (κ3) is 3.45. The van der Waals surface area contributed by atoms with E-state index in [1.54, 1.807) is 0 Å². The van der Waals surface area contributed by atoms with Gasteiger partial charge in [-0.1, -0.05) is 32.9 Å². The largest absolute Gasteiger partial charge is 0.451 e. The van der Waals surface area contributed by atoms with Crippen molar-refractivity contribution < 1.29 is 29.2 Å². The van der Waals surface area contributed by atoms with Crippen LogP contribution in [0.4, 0.5) is 0 Å². The summed E-state index contributed by atoms with van der Waals surface area (Å²) >= 11 is 0. The van der Waals surface area contributed by atoms with E-state index in [4.69, 9.17) is 14.2 Å². The van der Waals surface area contributed by atoms with Crippen LogP contribution < -0.4 is 0 Å². The molecule has 40 heavy (non-hydrogen) atoms. The van der Waals surface area contributed by atoms with Gasteiger partial charge in [0.05, 0.1) is 29.5 Å². The molecule has 1 aromatic heterocycles. The highest BCUT2D eigenvalue weighted by Crippen LogP contribution is 2.73. The van der Waals surface area contributed by atoms with Crippen LogP contribution in [0.5, 0.6) is 0 Å². The highest BCUT2D eigenvalue weighted by atomic mass is 16.7. The number of ether oxygens (including phenoxy) is 3. The van der Waals surface area contributed by atoms with Gasteiger partial charge in [-0.15, -0.1) is 0 Å². The van der Waals surface area contributed by atoms with E-state index in [1.807, 2.05) is 59.2 Å². The van der Waals surface area contributed by atoms with Gasteiger partial charge in [0.25, 0.3) is 0 Å². The Morgan fingerprint density at radius 2 is 1.88 bits per heavy atom. The Hall–Kier alpha value is -2.00. The molecule has 3 fully saturated rings. The quantitative estimate of drug-likeness (QED) is 0.414. The lowest BCUT2D eigenvalue weighted by Crippen LogP contribution is -2.69. The van der Waals surface area contributed by atoms with E-state index in [2.05, 4.69) is 31.9 Å². The van der Waals surface area contributed by atoms with Crippen molar-refractivity contribution in [2.45, 2.75) is 111 Å².